The number of hydrogen-bond acceptors (Lipinski definition) is 3. The van der Waals surface area contributed by atoms with Crippen molar-refractivity contribution in [3.05, 3.63) is 0 Å². The van der Waals surface area contributed by atoms with E-state index < -0.39 is 0 Å². The van der Waals surface area contributed by atoms with Crippen molar-refractivity contribution in [2.24, 2.45) is 0 Å². The predicted octanol–water partition coefficient (Wildman–Crippen LogP) is 1.27. The van der Waals surface area contributed by atoms with Gasteiger partial charge in [-0.3, -0.25) is 9.69 Å². The fourth-order valence-corrected chi connectivity index (χ4v) is 4.26. The molecular formula is C17H30N4O2. The van der Waals surface area contributed by atoms with Gasteiger partial charge in [-0.25, -0.2) is 4.79 Å². The van der Waals surface area contributed by atoms with Crippen molar-refractivity contribution in [3.8, 4) is 0 Å². The molecule has 0 saturated carbocycles. The molecule has 0 aromatic rings. The maximum Gasteiger partial charge on any atom is 0.317 e. The van der Waals surface area contributed by atoms with E-state index in [2.05, 4.69) is 22.0 Å². The molecule has 3 rings (SSSR count). The zero-order valence-corrected chi connectivity index (χ0v) is 14.3. The monoisotopic (exact) mass is 322 g/mol. The highest BCUT2D eigenvalue weighted by Crippen LogP contribution is 2.21. The Morgan fingerprint density at radius 1 is 1.13 bits per heavy atom. The Labute approximate surface area is 139 Å². The molecule has 3 saturated heterocycles. The summed E-state index contributed by atoms with van der Waals surface area (Å²) in [6.45, 7) is 7.11. The van der Waals surface area contributed by atoms with E-state index in [1.54, 1.807) is 0 Å². The van der Waals surface area contributed by atoms with Crippen molar-refractivity contribution in [1.29, 1.82) is 0 Å². The van der Waals surface area contributed by atoms with Gasteiger partial charge in [0, 0.05) is 44.8 Å². The molecule has 6 nitrogen and oxygen atoms in total. The normalized spacial score (nSPS) is 27.3. The molecule has 0 aromatic heterocycles. The SMILES string of the molecule is CC[C@H]1CCCCN1C(=O)CN1CCC(N2CCNC2=O)CC1. The van der Waals surface area contributed by atoms with E-state index in [9.17, 15) is 9.59 Å². The molecule has 1 N–H and O–H groups in total. The summed E-state index contributed by atoms with van der Waals surface area (Å²) in [5.74, 6) is 0.300. The quantitative estimate of drug-likeness (QED) is 0.848. The van der Waals surface area contributed by atoms with E-state index in [-0.39, 0.29) is 6.03 Å². The number of amides is 3. The minimum atomic E-state index is 0.0821. The maximum absolute atomic E-state index is 12.6. The number of likely N-dealkylation sites (tertiary alicyclic amines) is 2. The van der Waals surface area contributed by atoms with Crippen molar-refractivity contribution < 1.29 is 9.59 Å². The molecule has 0 aliphatic carbocycles. The van der Waals surface area contributed by atoms with Crippen molar-refractivity contribution in [3.63, 3.8) is 0 Å². The number of carbonyl (C=O) groups is 2. The zero-order chi connectivity index (χ0) is 16.2. The van der Waals surface area contributed by atoms with Gasteiger partial charge in [0.2, 0.25) is 5.91 Å². The van der Waals surface area contributed by atoms with Crippen LogP contribution in [0.1, 0.15) is 45.4 Å². The number of piperidine rings is 2. The molecule has 3 amide bonds. The van der Waals surface area contributed by atoms with Gasteiger partial charge in [0.25, 0.3) is 0 Å². The summed E-state index contributed by atoms with van der Waals surface area (Å²) in [5.41, 5.74) is 0. The first kappa shape index (κ1) is 16.6. The topological polar surface area (TPSA) is 55.9 Å². The summed E-state index contributed by atoms with van der Waals surface area (Å²) < 4.78 is 0. The van der Waals surface area contributed by atoms with Crippen LogP contribution < -0.4 is 5.32 Å². The Bertz CT molecular complexity index is 434. The first-order valence-electron chi connectivity index (χ1n) is 9.25. The lowest BCUT2D eigenvalue weighted by Crippen LogP contribution is -2.51. The lowest BCUT2D eigenvalue weighted by Gasteiger charge is -2.39. The Morgan fingerprint density at radius 2 is 1.91 bits per heavy atom. The Balaban J connectivity index is 1.46. The van der Waals surface area contributed by atoms with Crippen molar-refractivity contribution in [1.82, 2.24) is 20.0 Å². The Morgan fingerprint density at radius 3 is 2.57 bits per heavy atom. The average molecular weight is 322 g/mol. The van der Waals surface area contributed by atoms with Gasteiger partial charge in [0.05, 0.1) is 6.54 Å². The van der Waals surface area contributed by atoms with E-state index in [1.165, 1.54) is 6.42 Å². The molecule has 0 unspecified atom stereocenters. The zero-order valence-electron chi connectivity index (χ0n) is 14.3. The smallest absolute Gasteiger partial charge is 0.317 e. The third-order valence-electron chi connectivity index (χ3n) is 5.67. The molecule has 0 radical (unpaired) electrons. The van der Waals surface area contributed by atoms with Crippen LogP contribution in [0.4, 0.5) is 4.79 Å². The molecule has 3 heterocycles. The number of rotatable bonds is 4. The molecule has 6 heteroatoms. The van der Waals surface area contributed by atoms with Crippen LogP contribution in [0.2, 0.25) is 0 Å². The summed E-state index contributed by atoms with van der Waals surface area (Å²) in [4.78, 5) is 30.7. The van der Waals surface area contributed by atoms with E-state index in [0.717, 1.165) is 64.8 Å². The van der Waals surface area contributed by atoms with Gasteiger partial charge in [0.15, 0.2) is 0 Å². The molecule has 1 atom stereocenters. The highest BCUT2D eigenvalue weighted by atomic mass is 16.2. The van der Waals surface area contributed by atoms with Gasteiger partial charge in [-0.05, 0) is 38.5 Å². The van der Waals surface area contributed by atoms with Crippen LogP contribution in [-0.2, 0) is 4.79 Å². The van der Waals surface area contributed by atoms with Gasteiger partial charge in [0.1, 0.15) is 0 Å². The fourth-order valence-electron chi connectivity index (χ4n) is 4.26. The number of hydrogen-bond donors (Lipinski definition) is 1. The highest BCUT2D eigenvalue weighted by Gasteiger charge is 2.32. The van der Waals surface area contributed by atoms with Crippen molar-refractivity contribution in [2.45, 2.75) is 57.5 Å². The van der Waals surface area contributed by atoms with Gasteiger partial charge >= 0.3 is 6.03 Å². The minimum absolute atomic E-state index is 0.0821. The van der Waals surface area contributed by atoms with Crippen LogP contribution in [0.5, 0.6) is 0 Å². The molecular weight excluding hydrogens is 292 g/mol. The van der Waals surface area contributed by atoms with Crippen LogP contribution >= 0.6 is 0 Å². The first-order chi connectivity index (χ1) is 11.2. The molecule has 3 fully saturated rings. The summed E-state index contributed by atoms with van der Waals surface area (Å²) >= 11 is 0. The maximum atomic E-state index is 12.6. The second kappa shape index (κ2) is 7.51. The molecule has 0 bridgehead atoms. The molecule has 23 heavy (non-hydrogen) atoms. The molecule has 0 aromatic carbocycles. The molecule has 3 aliphatic rings. The van der Waals surface area contributed by atoms with E-state index in [1.807, 2.05) is 4.90 Å². The van der Waals surface area contributed by atoms with Crippen molar-refractivity contribution in [2.75, 3.05) is 39.3 Å². The van der Waals surface area contributed by atoms with Crippen LogP contribution in [0.25, 0.3) is 0 Å². The number of carbonyl (C=O) groups excluding carboxylic acids is 2. The van der Waals surface area contributed by atoms with Gasteiger partial charge in [-0.1, -0.05) is 6.92 Å². The average Bonchev–Trinajstić information content (AvgIpc) is 3.01. The summed E-state index contributed by atoms with van der Waals surface area (Å²) in [6.07, 6.45) is 6.60. The first-order valence-corrected chi connectivity index (χ1v) is 9.25. The molecule has 3 aliphatic heterocycles. The van der Waals surface area contributed by atoms with Crippen LogP contribution in [0, 0.1) is 0 Å². The standard InChI is InChI=1S/C17H30N4O2/c1-2-14-5-3-4-9-20(14)16(22)13-19-10-6-15(7-11-19)21-12-8-18-17(21)23/h14-15H,2-13H2,1H3,(H,18,23)/t14-/m0/s1. The van der Waals surface area contributed by atoms with Crippen LogP contribution in [0.15, 0.2) is 0 Å². The molecule has 130 valence electrons. The second-order valence-corrected chi connectivity index (χ2v) is 7.08. The van der Waals surface area contributed by atoms with Gasteiger partial charge in [-0.2, -0.15) is 0 Å². The summed E-state index contributed by atoms with van der Waals surface area (Å²) in [6, 6.07) is 0.878. The fraction of sp³-hybridized carbons (Fsp3) is 0.882. The van der Waals surface area contributed by atoms with Crippen LogP contribution in [0.3, 0.4) is 0 Å². The Hall–Kier alpha value is -1.30. The number of nitrogens with zero attached hydrogens (tertiary/aromatic N) is 3. The lowest BCUT2D eigenvalue weighted by atomic mass is 9.99. The summed E-state index contributed by atoms with van der Waals surface area (Å²) in [7, 11) is 0. The highest BCUT2D eigenvalue weighted by molar-refractivity contribution is 5.79. The Kier molecular flexibility index (Phi) is 5.41. The second-order valence-electron chi connectivity index (χ2n) is 7.08. The molecule has 0 spiro atoms. The van der Waals surface area contributed by atoms with E-state index >= 15 is 0 Å². The number of urea groups is 1. The van der Waals surface area contributed by atoms with Gasteiger partial charge in [-0.15, -0.1) is 0 Å². The van der Waals surface area contributed by atoms with E-state index in [4.69, 9.17) is 0 Å². The number of nitrogens with one attached hydrogen (secondary N) is 1. The van der Waals surface area contributed by atoms with Crippen LogP contribution in [-0.4, -0.2) is 78.0 Å². The summed E-state index contributed by atoms with van der Waals surface area (Å²) in [5, 5.41) is 2.88. The van der Waals surface area contributed by atoms with E-state index in [0.29, 0.717) is 24.5 Å². The van der Waals surface area contributed by atoms with Gasteiger partial charge < -0.3 is 15.1 Å². The largest absolute Gasteiger partial charge is 0.339 e. The lowest BCUT2D eigenvalue weighted by molar-refractivity contribution is -0.136. The predicted molar refractivity (Wildman–Crippen MR) is 89.2 cm³/mol. The van der Waals surface area contributed by atoms with Crippen molar-refractivity contribution >= 4 is 11.9 Å². The third kappa shape index (κ3) is 3.79. The third-order valence-corrected chi connectivity index (χ3v) is 5.67. The minimum Gasteiger partial charge on any atom is -0.339 e.